The number of carbonyl (C=O) groups is 2. The van der Waals surface area contributed by atoms with E-state index < -0.39 is 42.6 Å². The van der Waals surface area contributed by atoms with Crippen molar-refractivity contribution in [3.8, 4) is 5.75 Å². The smallest absolute Gasteiger partial charge is 0.266 e. The zero-order chi connectivity index (χ0) is 21.1. The largest absolute Gasteiger partial charge is 0.484 e. The summed E-state index contributed by atoms with van der Waals surface area (Å²) in [4.78, 5) is 28.1. The summed E-state index contributed by atoms with van der Waals surface area (Å²) in [5.41, 5.74) is -1.29. The predicted octanol–water partition coefficient (Wildman–Crippen LogP) is 2.33. The molecule has 0 radical (unpaired) electrons. The highest BCUT2D eigenvalue weighted by atomic mass is 19.3. The predicted molar refractivity (Wildman–Crippen MR) is 98.2 cm³/mol. The maximum atomic E-state index is 14.5. The molecule has 2 saturated heterocycles. The third-order valence-electron chi connectivity index (χ3n) is 5.43. The van der Waals surface area contributed by atoms with E-state index >= 15 is 0 Å². The molecule has 1 aromatic carbocycles. The summed E-state index contributed by atoms with van der Waals surface area (Å²) in [5.74, 6) is -4.33. The molecule has 29 heavy (non-hydrogen) atoms. The van der Waals surface area contributed by atoms with Crippen molar-refractivity contribution in [3.63, 3.8) is 0 Å². The Bertz CT molecular complexity index is 744. The van der Waals surface area contributed by atoms with Crippen molar-refractivity contribution in [2.45, 2.75) is 25.2 Å². The molecule has 2 amide bonds. The van der Waals surface area contributed by atoms with E-state index in [1.54, 1.807) is 4.90 Å². The van der Waals surface area contributed by atoms with Gasteiger partial charge in [-0.15, -0.1) is 0 Å². The Labute approximate surface area is 167 Å². The van der Waals surface area contributed by atoms with Crippen LogP contribution >= 0.6 is 0 Å². The van der Waals surface area contributed by atoms with Crippen LogP contribution in [0.2, 0.25) is 0 Å². The van der Waals surface area contributed by atoms with Gasteiger partial charge in [0, 0.05) is 33.2 Å². The van der Waals surface area contributed by atoms with Crippen molar-refractivity contribution in [2.75, 3.05) is 46.5 Å². The van der Waals surface area contributed by atoms with Gasteiger partial charge in [0.1, 0.15) is 11.6 Å². The molecule has 9 heteroatoms. The minimum atomic E-state index is -3.16. The molecule has 0 aliphatic carbocycles. The lowest BCUT2D eigenvalue weighted by atomic mass is 9.71. The normalized spacial score (nSPS) is 24.1. The van der Waals surface area contributed by atoms with Crippen LogP contribution in [0.4, 0.5) is 13.2 Å². The number of hydrogen-bond donors (Lipinski definition) is 0. The standard InChI is InChI=1S/C20H25F3N2O4/c1-28-10-9-24-8-2-7-19(18(24)27)12-20(22,23)14-25(13-19)17(26)11-29-16-5-3-15(21)4-6-16/h3-6H,2,7-14H2,1H3/t19-/m1/s1. The number of halogens is 3. The van der Waals surface area contributed by atoms with Crippen LogP contribution in [0.1, 0.15) is 19.3 Å². The molecule has 0 N–H and O–H groups in total. The first kappa shape index (κ1) is 21.4. The van der Waals surface area contributed by atoms with E-state index in [-0.39, 0.29) is 18.2 Å². The van der Waals surface area contributed by atoms with E-state index in [0.29, 0.717) is 32.5 Å². The molecule has 3 rings (SSSR count). The molecule has 2 fully saturated rings. The van der Waals surface area contributed by atoms with Gasteiger partial charge in [0.15, 0.2) is 6.61 Å². The van der Waals surface area contributed by atoms with Gasteiger partial charge in [0.2, 0.25) is 5.91 Å². The zero-order valence-corrected chi connectivity index (χ0v) is 16.3. The molecule has 1 atom stereocenters. The lowest BCUT2D eigenvalue weighted by Crippen LogP contribution is -2.62. The van der Waals surface area contributed by atoms with Crippen LogP contribution in [0, 0.1) is 11.2 Å². The third-order valence-corrected chi connectivity index (χ3v) is 5.43. The van der Waals surface area contributed by atoms with Crippen LogP contribution in [0.25, 0.3) is 0 Å². The fourth-order valence-corrected chi connectivity index (χ4v) is 4.13. The molecule has 0 aromatic heterocycles. The highest BCUT2D eigenvalue weighted by molar-refractivity contribution is 5.86. The average Bonchev–Trinajstić information content (AvgIpc) is 2.67. The zero-order valence-electron chi connectivity index (χ0n) is 16.3. The van der Waals surface area contributed by atoms with Gasteiger partial charge in [-0.05, 0) is 37.1 Å². The topological polar surface area (TPSA) is 59.1 Å². The van der Waals surface area contributed by atoms with Crippen molar-refractivity contribution >= 4 is 11.8 Å². The number of alkyl halides is 2. The minimum Gasteiger partial charge on any atom is -0.484 e. The van der Waals surface area contributed by atoms with E-state index in [4.69, 9.17) is 9.47 Å². The maximum absolute atomic E-state index is 14.5. The molecule has 6 nitrogen and oxygen atoms in total. The van der Waals surface area contributed by atoms with Gasteiger partial charge in [0.05, 0.1) is 18.6 Å². The van der Waals surface area contributed by atoms with Crippen molar-refractivity contribution in [1.29, 1.82) is 0 Å². The first-order chi connectivity index (χ1) is 13.7. The number of methoxy groups -OCH3 is 1. The Hall–Kier alpha value is -2.29. The maximum Gasteiger partial charge on any atom is 0.266 e. The number of benzene rings is 1. The molecular weight excluding hydrogens is 389 g/mol. The van der Waals surface area contributed by atoms with Crippen LogP contribution in [0.3, 0.4) is 0 Å². The summed E-state index contributed by atoms with van der Waals surface area (Å²) < 4.78 is 52.3. The van der Waals surface area contributed by atoms with Gasteiger partial charge in [-0.3, -0.25) is 9.59 Å². The Balaban J connectivity index is 1.70. The number of amides is 2. The van der Waals surface area contributed by atoms with E-state index in [1.165, 1.54) is 31.4 Å². The second kappa shape index (κ2) is 8.61. The van der Waals surface area contributed by atoms with Gasteiger partial charge in [-0.1, -0.05) is 0 Å². The fourth-order valence-electron chi connectivity index (χ4n) is 4.13. The van der Waals surface area contributed by atoms with Crippen LogP contribution < -0.4 is 4.74 Å². The quantitative estimate of drug-likeness (QED) is 0.717. The molecular formula is C20H25F3N2O4. The monoisotopic (exact) mass is 414 g/mol. The number of rotatable bonds is 6. The van der Waals surface area contributed by atoms with Gasteiger partial charge >= 0.3 is 0 Å². The highest BCUT2D eigenvalue weighted by Crippen LogP contribution is 2.45. The van der Waals surface area contributed by atoms with Crippen molar-refractivity contribution < 1.29 is 32.2 Å². The first-order valence-electron chi connectivity index (χ1n) is 9.57. The summed E-state index contributed by atoms with van der Waals surface area (Å²) >= 11 is 0. The van der Waals surface area contributed by atoms with E-state index in [1.807, 2.05) is 0 Å². The molecule has 2 aliphatic heterocycles. The van der Waals surface area contributed by atoms with Crippen LogP contribution in [-0.4, -0.2) is 74.0 Å². The van der Waals surface area contributed by atoms with Crippen molar-refractivity contribution in [2.24, 2.45) is 5.41 Å². The summed E-state index contributed by atoms with van der Waals surface area (Å²) in [6.07, 6.45) is 0.345. The van der Waals surface area contributed by atoms with Crippen LogP contribution in [-0.2, 0) is 14.3 Å². The summed E-state index contributed by atoms with van der Waals surface area (Å²) in [5, 5.41) is 0. The fraction of sp³-hybridized carbons (Fsp3) is 0.600. The van der Waals surface area contributed by atoms with Gasteiger partial charge in [0.25, 0.3) is 11.8 Å². The van der Waals surface area contributed by atoms with E-state index in [2.05, 4.69) is 0 Å². The number of nitrogens with zero attached hydrogens (tertiary/aromatic N) is 2. The van der Waals surface area contributed by atoms with E-state index in [0.717, 1.165) is 4.90 Å². The molecule has 2 aliphatic rings. The number of hydrogen-bond acceptors (Lipinski definition) is 4. The number of carbonyl (C=O) groups excluding carboxylic acids is 2. The van der Waals surface area contributed by atoms with Gasteiger partial charge in [-0.25, -0.2) is 13.2 Å². The second-order valence-corrected chi connectivity index (χ2v) is 7.69. The molecule has 2 heterocycles. The molecule has 0 unspecified atom stereocenters. The Morgan fingerprint density at radius 1 is 1.21 bits per heavy atom. The molecule has 0 saturated carbocycles. The Morgan fingerprint density at radius 3 is 2.62 bits per heavy atom. The molecule has 0 bridgehead atoms. The van der Waals surface area contributed by atoms with Crippen molar-refractivity contribution in [1.82, 2.24) is 9.80 Å². The SMILES string of the molecule is COCCN1CCC[C@@]2(CN(C(=O)COc3ccc(F)cc3)CC(F)(F)C2)C1=O. The molecule has 1 spiro atoms. The summed E-state index contributed by atoms with van der Waals surface area (Å²) in [7, 11) is 1.51. The third kappa shape index (κ3) is 5.01. The summed E-state index contributed by atoms with van der Waals surface area (Å²) in [6.45, 7) is -0.102. The summed E-state index contributed by atoms with van der Waals surface area (Å²) in [6, 6.07) is 5.07. The highest BCUT2D eigenvalue weighted by Gasteiger charge is 2.56. The number of piperidine rings is 2. The van der Waals surface area contributed by atoms with Gasteiger partial charge < -0.3 is 19.3 Å². The lowest BCUT2D eigenvalue weighted by molar-refractivity contribution is -0.175. The molecule has 1 aromatic rings. The first-order valence-corrected chi connectivity index (χ1v) is 9.57. The lowest BCUT2D eigenvalue weighted by Gasteiger charge is -2.49. The number of likely N-dealkylation sites (tertiary alicyclic amines) is 2. The van der Waals surface area contributed by atoms with Crippen LogP contribution in [0.15, 0.2) is 24.3 Å². The van der Waals surface area contributed by atoms with Gasteiger partial charge in [-0.2, -0.15) is 0 Å². The Morgan fingerprint density at radius 2 is 1.93 bits per heavy atom. The second-order valence-electron chi connectivity index (χ2n) is 7.69. The molecule has 160 valence electrons. The Kier molecular flexibility index (Phi) is 6.36. The number of ether oxygens (including phenoxy) is 2. The van der Waals surface area contributed by atoms with E-state index in [9.17, 15) is 22.8 Å². The minimum absolute atomic E-state index is 0.0590. The van der Waals surface area contributed by atoms with Crippen molar-refractivity contribution in [3.05, 3.63) is 30.1 Å². The average molecular weight is 414 g/mol. The van der Waals surface area contributed by atoms with Crippen LogP contribution in [0.5, 0.6) is 5.75 Å².